The topological polar surface area (TPSA) is 38.3 Å². The Balaban J connectivity index is 2.13. The number of benzene rings is 2. The molecule has 0 saturated heterocycles. The fourth-order valence-corrected chi connectivity index (χ4v) is 2.14. The first-order valence-electron chi connectivity index (χ1n) is 6.95. The summed E-state index contributed by atoms with van der Waals surface area (Å²) in [6, 6.07) is 13.1. The minimum Gasteiger partial charge on any atom is -0.467 e. The molecule has 1 N–H and O–H groups in total. The average molecular weight is 323 g/mol. The minimum atomic E-state index is -4.38. The van der Waals surface area contributed by atoms with Crippen molar-refractivity contribution >= 4 is 11.7 Å². The summed E-state index contributed by atoms with van der Waals surface area (Å²) in [5.41, 5.74) is 0.604. The molecule has 0 unspecified atom stereocenters. The number of carbonyl (C=O) groups excluding carboxylic acids is 1. The first-order valence-corrected chi connectivity index (χ1v) is 6.95. The van der Waals surface area contributed by atoms with Gasteiger partial charge in [0.15, 0.2) is 0 Å². The molecule has 0 amide bonds. The van der Waals surface area contributed by atoms with Gasteiger partial charge >= 0.3 is 12.1 Å². The quantitative estimate of drug-likeness (QED) is 0.848. The van der Waals surface area contributed by atoms with Crippen LogP contribution < -0.4 is 5.32 Å². The van der Waals surface area contributed by atoms with Gasteiger partial charge in [-0.25, -0.2) is 4.79 Å². The van der Waals surface area contributed by atoms with Gasteiger partial charge in [0.25, 0.3) is 0 Å². The maximum atomic E-state index is 12.6. The van der Waals surface area contributed by atoms with E-state index in [2.05, 4.69) is 5.32 Å². The van der Waals surface area contributed by atoms with E-state index in [4.69, 9.17) is 4.74 Å². The molecule has 6 heteroatoms. The number of esters is 1. The Morgan fingerprint density at radius 2 is 1.70 bits per heavy atom. The number of hydrogen-bond acceptors (Lipinski definition) is 3. The van der Waals surface area contributed by atoms with Crippen LogP contribution in [0.1, 0.15) is 11.1 Å². The second-order valence-electron chi connectivity index (χ2n) is 4.98. The molecule has 2 aromatic carbocycles. The molecule has 0 bridgehead atoms. The fraction of sp³-hybridized carbons (Fsp3) is 0.235. The van der Waals surface area contributed by atoms with Crippen LogP contribution >= 0.6 is 0 Å². The van der Waals surface area contributed by atoms with Crippen LogP contribution in [0.15, 0.2) is 54.6 Å². The summed E-state index contributed by atoms with van der Waals surface area (Å²) < 4.78 is 42.4. The van der Waals surface area contributed by atoms with Gasteiger partial charge in [0.05, 0.1) is 12.7 Å². The van der Waals surface area contributed by atoms with E-state index >= 15 is 0 Å². The molecule has 2 rings (SSSR count). The summed E-state index contributed by atoms with van der Waals surface area (Å²) >= 11 is 0. The van der Waals surface area contributed by atoms with Crippen LogP contribution in [0.3, 0.4) is 0 Å². The Morgan fingerprint density at radius 1 is 1.09 bits per heavy atom. The molecule has 0 aromatic heterocycles. The largest absolute Gasteiger partial charge is 0.467 e. The third-order valence-electron chi connectivity index (χ3n) is 3.32. The molecule has 2 aromatic rings. The smallest absolute Gasteiger partial charge is 0.416 e. The first-order chi connectivity index (χ1) is 10.9. The average Bonchev–Trinajstić information content (AvgIpc) is 2.54. The Bertz CT molecular complexity index is 639. The summed E-state index contributed by atoms with van der Waals surface area (Å²) in [5, 5.41) is 2.91. The van der Waals surface area contributed by atoms with Crippen molar-refractivity contribution in [2.45, 2.75) is 18.6 Å². The molecule has 3 nitrogen and oxygen atoms in total. The Hall–Kier alpha value is -2.50. The highest BCUT2D eigenvalue weighted by atomic mass is 19.4. The summed E-state index contributed by atoms with van der Waals surface area (Å²) in [7, 11) is 1.27. The van der Waals surface area contributed by atoms with Gasteiger partial charge in [0.1, 0.15) is 6.04 Å². The van der Waals surface area contributed by atoms with Crippen molar-refractivity contribution in [1.29, 1.82) is 0 Å². The van der Waals surface area contributed by atoms with Crippen LogP contribution in [0.25, 0.3) is 0 Å². The molecule has 23 heavy (non-hydrogen) atoms. The van der Waals surface area contributed by atoms with E-state index in [-0.39, 0.29) is 0 Å². The van der Waals surface area contributed by atoms with Crippen LogP contribution in [0, 0.1) is 0 Å². The molecular weight excluding hydrogens is 307 g/mol. The van der Waals surface area contributed by atoms with E-state index < -0.39 is 23.8 Å². The van der Waals surface area contributed by atoms with Gasteiger partial charge in [-0.3, -0.25) is 0 Å². The van der Waals surface area contributed by atoms with Crippen molar-refractivity contribution < 1.29 is 22.7 Å². The zero-order valence-corrected chi connectivity index (χ0v) is 12.4. The molecule has 122 valence electrons. The molecule has 0 saturated carbocycles. The number of rotatable bonds is 5. The lowest BCUT2D eigenvalue weighted by Crippen LogP contribution is -2.32. The predicted octanol–water partition coefficient (Wildman–Crippen LogP) is 3.90. The minimum absolute atomic E-state index is 0.370. The van der Waals surface area contributed by atoms with Crippen molar-refractivity contribution in [1.82, 2.24) is 0 Å². The molecule has 0 aliphatic carbocycles. The van der Waals surface area contributed by atoms with Crippen LogP contribution in [0.4, 0.5) is 18.9 Å². The standard InChI is InChI=1S/C17H16F3NO2/c1-23-16(22)15(11-12-5-3-2-4-6-12)21-14-9-7-13(8-10-14)17(18,19)20/h2-10,15,21H,11H2,1H3/t15-/m0/s1. The third-order valence-corrected chi connectivity index (χ3v) is 3.32. The molecule has 0 fully saturated rings. The van der Waals surface area contributed by atoms with Gasteiger partial charge in [-0.1, -0.05) is 30.3 Å². The van der Waals surface area contributed by atoms with Gasteiger partial charge in [0, 0.05) is 12.1 Å². The molecule has 1 atom stereocenters. The fourth-order valence-electron chi connectivity index (χ4n) is 2.14. The van der Waals surface area contributed by atoms with Crippen LogP contribution in [0.2, 0.25) is 0 Å². The van der Waals surface area contributed by atoms with E-state index in [0.717, 1.165) is 17.7 Å². The van der Waals surface area contributed by atoms with Crippen molar-refractivity contribution in [3.63, 3.8) is 0 Å². The normalized spacial score (nSPS) is 12.5. The van der Waals surface area contributed by atoms with Gasteiger partial charge in [-0.05, 0) is 29.8 Å². The SMILES string of the molecule is COC(=O)[C@H](Cc1ccccc1)Nc1ccc(C(F)(F)F)cc1. The lowest BCUT2D eigenvalue weighted by atomic mass is 10.1. The molecule has 0 heterocycles. The number of carbonyl (C=O) groups is 1. The number of halogens is 3. The van der Waals surface area contributed by atoms with Gasteiger partial charge in [-0.15, -0.1) is 0 Å². The lowest BCUT2D eigenvalue weighted by molar-refractivity contribution is -0.141. The third kappa shape index (κ3) is 4.74. The summed E-state index contributed by atoms with van der Waals surface area (Å²) in [6.45, 7) is 0. The van der Waals surface area contributed by atoms with Crippen molar-refractivity contribution in [3.05, 3.63) is 65.7 Å². The second-order valence-corrected chi connectivity index (χ2v) is 4.98. The summed E-state index contributed by atoms with van der Waals surface area (Å²) in [5.74, 6) is -0.478. The number of anilines is 1. The molecule has 0 spiro atoms. The van der Waals surface area contributed by atoms with Gasteiger partial charge < -0.3 is 10.1 Å². The Morgan fingerprint density at radius 3 is 2.22 bits per heavy atom. The van der Waals surface area contributed by atoms with E-state index in [0.29, 0.717) is 12.1 Å². The molecule has 0 radical (unpaired) electrons. The number of ether oxygens (including phenoxy) is 1. The maximum Gasteiger partial charge on any atom is 0.416 e. The zero-order valence-electron chi connectivity index (χ0n) is 12.4. The highest BCUT2D eigenvalue weighted by Crippen LogP contribution is 2.30. The maximum absolute atomic E-state index is 12.6. The summed E-state index contributed by atoms with van der Waals surface area (Å²) in [4.78, 5) is 11.9. The monoisotopic (exact) mass is 323 g/mol. The predicted molar refractivity (Wildman–Crippen MR) is 81.0 cm³/mol. The van der Waals surface area contributed by atoms with E-state index in [9.17, 15) is 18.0 Å². The molecule has 0 aliphatic heterocycles. The Labute approximate surface area is 132 Å². The van der Waals surface area contributed by atoms with E-state index in [1.807, 2.05) is 30.3 Å². The van der Waals surface area contributed by atoms with Crippen LogP contribution in [0.5, 0.6) is 0 Å². The van der Waals surface area contributed by atoms with Crippen LogP contribution in [-0.4, -0.2) is 19.1 Å². The first kappa shape index (κ1) is 16.9. The number of nitrogens with one attached hydrogen (secondary N) is 1. The van der Waals surface area contributed by atoms with E-state index in [1.165, 1.54) is 19.2 Å². The molecular formula is C17H16F3NO2. The van der Waals surface area contributed by atoms with Crippen molar-refractivity contribution in [2.75, 3.05) is 12.4 Å². The number of methoxy groups -OCH3 is 1. The van der Waals surface area contributed by atoms with Gasteiger partial charge in [0.2, 0.25) is 0 Å². The molecule has 0 aliphatic rings. The second kappa shape index (κ2) is 7.17. The number of hydrogen-bond donors (Lipinski definition) is 1. The van der Waals surface area contributed by atoms with Crippen LogP contribution in [-0.2, 0) is 22.1 Å². The van der Waals surface area contributed by atoms with Gasteiger partial charge in [-0.2, -0.15) is 13.2 Å². The Kier molecular flexibility index (Phi) is 5.26. The van der Waals surface area contributed by atoms with Crippen molar-refractivity contribution in [2.24, 2.45) is 0 Å². The summed E-state index contributed by atoms with van der Waals surface area (Å²) in [6.07, 6.45) is -4.02. The number of alkyl halides is 3. The highest BCUT2D eigenvalue weighted by molar-refractivity contribution is 5.79. The van der Waals surface area contributed by atoms with E-state index in [1.54, 1.807) is 0 Å². The highest BCUT2D eigenvalue weighted by Gasteiger charge is 2.30. The van der Waals surface area contributed by atoms with Crippen molar-refractivity contribution in [3.8, 4) is 0 Å². The lowest BCUT2D eigenvalue weighted by Gasteiger charge is -2.18. The zero-order chi connectivity index (χ0) is 16.9.